The van der Waals surface area contributed by atoms with Crippen LogP contribution in [0, 0.1) is 12.7 Å². The maximum Gasteiger partial charge on any atom is 0.123 e. The number of aryl methyl sites for hydroxylation is 1. The van der Waals surface area contributed by atoms with Gasteiger partial charge in [-0.2, -0.15) is 0 Å². The normalized spacial score (nSPS) is 10.8. The summed E-state index contributed by atoms with van der Waals surface area (Å²) < 4.78 is 14.0. The quantitative estimate of drug-likeness (QED) is 0.847. The molecule has 1 heterocycles. The molecule has 0 bridgehead atoms. The molecule has 0 radical (unpaired) electrons. The molecule has 2 rings (SSSR count). The fourth-order valence-corrected chi connectivity index (χ4v) is 2.84. The van der Waals surface area contributed by atoms with E-state index in [4.69, 9.17) is 0 Å². The highest BCUT2D eigenvalue weighted by molar-refractivity contribution is 9.10. The van der Waals surface area contributed by atoms with Gasteiger partial charge >= 0.3 is 0 Å². The Kier molecular flexibility index (Phi) is 4.86. The molecular formula is C13H14BrFN2S. The van der Waals surface area contributed by atoms with Crippen molar-refractivity contribution in [2.75, 3.05) is 6.54 Å². The first-order valence-electron chi connectivity index (χ1n) is 5.70. The number of benzene rings is 1. The van der Waals surface area contributed by atoms with E-state index in [-0.39, 0.29) is 5.82 Å². The third-order valence-electron chi connectivity index (χ3n) is 2.70. The van der Waals surface area contributed by atoms with E-state index < -0.39 is 0 Å². The maximum absolute atomic E-state index is 13.1. The highest BCUT2D eigenvalue weighted by atomic mass is 79.9. The van der Waals surface area contributed by atoms with Crippen molar-refractivity contribution in [2.24, 2.45) is 0 Å². The van der Waals surface area contributed by atoms with Crippen LogP contribution in [-0.4, -0.2) is 11.5 Å². The van der Waals surface area contributed by atoms with Crippen LogP contribution in [0.5, 0.6) is 0 Å². The fourth-order valence-electron chi connectivity index (χ4n) is 1.67. The predicted octanol–water partition coefficient (Wildman–Crippen LogP) is 3.69. The van der Waals surface area contributed by atoms with Crippen LogP contribution in [0.3, 0.4) is 0 Å². The number of nitrogens with one attached hydrogen (secondary N) is 1. The van der Waals surface area contributed by atoms with E-state index in [0.717, 1.165) is 28.7 Å². The molecule has 1 aromatic carbocycles. The molecular weight excluding hydrogens is 315 g/mol. The molecule has 0 aliphatic carbocycles. The Labute approximate surface area is 118 Å². The van der Waals surface area contributed by atoms with Gasteiger partial charge in [0.1, 0.15) is 5.82 Å². The molecule has 18 heavy (non-hydrogen) atoms. The van der Waals surface area contributed by atoms with Gasteiger partial charge in [-0.3, -0.25) is 0 Å². The molecule has 5 heteroatoms. The number of hydrogen-bond donors (Lipinski definition) is 1. The largest absolute Gasteiger partial charge is 0.312 e. The highest BCUT2D eigenvalue weighted by Gasteiger charge is 2.03. The van der Waals surface area contributed by atoms with E-state index in [1.54, 1.807) is 23.5 Å². The third kappa shape index (κ3) is 3.60. The van der Waals surface area contributed by atoms with Crippen LogP contribution in [0.15, 0.2) is 28.2 Å². The van der Waals surface area contributed by atoms with Crippen LogP contribution in [-0.2, 0) is 13.0 Å². The minimum absolute atomic E-state index is 0.201. The maximum atomic E-state index is 13.1. The molecule has 2 aromatic rings. The van der Waals surface area contributed by atoms with Crippen molar-refractivity contribution < 1.29 is 4.39 Å². The SMILES string of the molecule is Cc1ncsc1CCNCc1cc(F)ccc1Br. The molecule has 0 spiro atoms. The Morgan fingerprint density at radius 3 is 3.00 bits per heavy atom. The summed E-state index contributed by atoms with van der Waals surface area (Å²) >= 11 is 5.10. The van der Waals surface area contributed by atoms with Crippen molar-refractivity contribution in [1.82, 2.24) is 10.3 Å². The van der Waals surface area contributed by atoms with Crippen LogP contribution >= 0.6 is 27.3 Å². The van der Waals surface area contributed by atoms with Gasteiger partial charge in [-0.25, -0.2) is 9.37 Å². The van der Waals surface area contributed by atoms with Gasteiger partial charge in [-0.15, -0.1) is 11.3 Å². The van der Waals surface area contributed by atoms with Crippen molar-refractivity contribution in [3.8, 4) is 0 Å². The molecule has 1 N–H and O–H groups in total. The molecule has 0 saturated carbocycles. The monoisotopic (exact) mass is 328 g/mol. The first-order chi connectivity index (χ1) is 8.66. The minimum Gasteiger partial charge on any atom is -0.312 e. The van der Waals surface area contributed by atoms with Crippen LogP contribution in [0.2, 0.25) is 0 Å². The Hall–Kier alpha value is -0.780. The van der Waals surface area contributed by atoms with Gasteiger partial charge in [-0.05, 0) is 37.1 Å². The van der Waals surface area contributed by atoms with Crippen LogP contribution in [0.4, 0.5) is 4.39 Å². The average Bonchev–Trinajstić information content (AvgIpc) is 2.75. The minimum atomic E-state index is -0.201. The first-order valence-corrected chi connectivity index (χ1v) is 7.37. The standard InChI is InChI=1S/C13H14BrFN2S/c1-9-13(18-8-17-9)4-5-16-7-10-6-11(15)2-3-12(10)14/h2-3,6,8,16H,4-5,7H2,1H3. The van der Waals surface area contributed by atoms with Crippen LogP contribution < -0.4 is 5.32 Å². The molecule has 0 amide bonds. The predicted molar refractivity (Wildman–Crippen MR) is 76.4 cm³/mol. The second-order valence-corrected chi connectivity index (χ2v) is 5.82. The van der Waals surface area contributed by atoms with Gasteiger partial charge in [0.15, 0.2) is 0 Å². The van der Waals surface area contributed by atoms with Gasteiger partial charge in [0.2, 0.25) is 0 Å². The summed E-state index contributed by atoms with van der Waals surface area (Å²) in [5.74, 6) is -0.201. The number of nitrogens with zero attached hydrogens (tertiary/aromatic N) is 1. The summed E-state index contributed by atoms with van der Waals surface area (Å²) in [7, 11) is 0. The number of rotatable bonds is 5. The molecule has 0 aliphatic rings. The zero-order chi connectivity index (χ0) is 13.0. The summed E-state index contributed by atoms with van der Waals surface area (Å²) in [4.78, 5) is 5.52. The van der Waals surface area contributed by atoms with Crippen LogP contribution in [0.25, 0.3) is 0 Å². The van der Waals surface area contributed by atoms with E-state index in [0.29, 0.717) is 6.54 Å². The third-order valence-corrected chi connectivity index (χ3v) is 4.47. The van der Waals surface area contributed by atoms with Gasteiger partial charge in [0.25, 0.3) is 0 Å². The molecule has 0 atom stereocenters. The Morgan fingerprint density at radius 1 is 1.44 bits per heavy atom. The van der Waals surface area contributed by atoms with E-state index in [1.165, 1.54) is 10.9 Å². The first kappa shape index (κ1) is 13.6. The number of halogens is 2. The lowest BCUT2D eigenvalue weighted by molar-refractivity contribution is 0.619. The zero-order valence-electron chi connectivity index (χ0n) is 10.0. The zero-order valence-corrected chi connectivity index (χ0v) is 12.4. The van der Waals surface area contributed by atoms with E-state index in [1.807, 2.05) is 12.4 Å². The fraction of sp³-hybridized carbons (Fsp3) is 0.308. The highest BCUT2D eigenvalue weighted by Crippen LogP contribution is 2.17. The summed E-state index contributed by atoms with van der Waals surface area (Å²) in [5, 5.41) is 3.32. The topological polar surface area (TPSA) is 24.9 Å². The Balaban J connectivity index is 1.82. The number of thiazole rings is 1. The van der Waals surface area contributed by atoms with Crippen molar-refractivity contribution >= 4 is 27.3 Å². The number of aromatic nitrogens is 1. The molecule has 96 valence electrons. The lowest BCUT2D eigenvalue weighted by Gasteiger charge is -2.06. The molecule has 0 unspecified atom stereocenters. The molecule has 0 saturated heterocycles. The van der Waals surface area contributed by atoms with E-state index in [2.05, 4.69) is 26.2 Å². The van der Waals surface area contributed by atoms with Crippen LogP contribution in [0.1, 0.15) is 16.1 Å². The Bertz CT molecular complexity index is 527. The molecule has 1 aromatic heterocycles. The van der Waals surface area contributed by atoms with Gasteiger partial charge in [0, 0.05) is 22.4 Å². The van der Waals surface area contributed by atoms with Gasteiger partial charge < -0.3 is 5.32 Å². The number of hydrogen-bond acceptors (Lipinski definition) is 3. The van der Waals surface area contributed by atoms with Crippen molar-refractivity contribution in [2.45, 2.75) is 19.9 Å². The smallest absolute Gasteiger partial charge is 0.123 e. The summed E-state index contributed by atoms with van der Waals surface area (Å²) in [6, 6.07) is 4.74. The lowest BCUT2D eigenvalue weighted by Crippen LogP contribution is -2.17. The summed E-state index contributed by atoms with van der Waals surface area (Å²) in [6.07, 6.45) is 0.962. The van der Waals surface area contributed by atoms with Gasteiger partial charge in [-0.1, -0.05) is 15.9 Å². The molecule has 2 nitrogen and oxygen atoms in total. The second-order valence-electron chi connectivity index (χ2n) is 4.02. The molecule has 0 fully saturated rings. The lowest BCUT2D eigenvalue weighted by atomic mass is 10.2. The van der Waals surface area contributed by atoms with E-state index in [9.17, 15) is 4.39 Å². The molecule has 0 aliphatic heterocycles. The summed E-state index contributed by atoms with van der Waals surface area (Å²) in [6.45, 7) is 3.55. The Morgan fingerprint density at radius 2 is 2.28 bits per heavy atom. The average molecular weight is 329 g/mol. The van der Waals surface area contributed by atoms with E-state index >= 15 is 0 Å². The van der Waals surface area contributed by atoms with Crippen molar-refractivity contribution in [3.63, 3.8) is 0 Å². The second kappa shape index (κ2) is 6.41. The van der Waals surface area contributed by atoms with Crippen molar-refractivity contribution in [3.05, 3.63) is 50.1 Å². The van der Waals surface area contributed by atoms with Crippen molar-refractivity contribution in [1.29, 1.82) is 0 Å². The van der Waals surface area contributed by atoms with Gasteiger partial charge in [0.05, 0.1) is 11.2 Å². The summed E-state index contributed by atoms with van der Waals surface area (Å²) in [5.41, 5.74) is 3.91.